The molecule has 0 aromatic heterocycles. The Hall–Kier alpha value is -1.02. The predicted octanol–water partition coefficient (Wildman–Crippen LogP) is 1.38. The van der Waals surface area contributed by atoms with Gasteiger partial charge in [-0.3, -0.25) is 0 Å². The second kappa shape index (κ2) is 7.12. The van der Waals surface area contributed by atoms with Crippen molar-refractivity contribution in [1.29, 1.82) is 0 Å². The van der Waals surface area contributed by atoms with Crippen LogP contribution in [0, 0.1) is 19.7 Å². The summed E-state index contributed by atoms with van der Waals surface area (Å²) in [5.74, 6) is -0.451. The van der Waals surface area contributed by atoms with Crippen LogP contribution in [0.5, 0.6) is 0 Å². The number of sulfonamides is 1. The lowest BCUT2D eigenvalue weighted by atomic mass is 10.1. The number of rotatable bonds is 7. The van der Waals surface area contributed by atoms with Gasteiger partial charge in [-0.05, 0) is 37.1 Å². The third-order valence-electron chi connectivity index (χ3n) is 2.88. The van der Waals surface area contributed by atoms with Gasteiger partial charge in [0.05, 0.1) is 17.6 Å². The number of benzene rings is 1. The third kappa shape index (κ3) is 4.24. The normalized spacial score (nSPS) is 13.4. The fourth-order valence-corrected chi connectivity index (χ4v) is 3.51. The van der Waals surface area contributed by atoms with Crippen LogP contribution in [0.15, 0.2) is 17.0 Å². The van der Waals surface area contributed by atoms with E-state index < -0.39 is 15.8 Å². The Morgan fingerprint density at radius 1 is 1.25 bits per heavy atom. The quantitative estimate of drug-likeness (QED) is 0.826. The van der Waals surface area contributed by atoms with E-state index >= 15 is 0 Å². The first-order valence-corrected chi connectivity index (χ1v) is 7.58. The molecule has 1 aromatic rings. The first-order valence-electron chi connectivity index (χ1n) is 6.10. The molecule has 0 heterocycles. The number of halogens is 1. The number of methoxy groups -OCH3 is 2. The van der Waals surface area contributed by atoms with Crippen molar-refractivity contribution in [3.8, 4) is 0 Å². The minimum Gasteiger partial charge on any atom is -0.382 e. The highest BCUT2D eigenvalue weighted by Crippen LogP contribution is 2.21. The highest BCUT2D eigenvalue weighted by atomic mass is 32.2. The van der Waals surface area contributed by atoms with Crippen molar-refractivity contribution in [2.75, 3.05) is 27.4 Å². The van der Waals surface area contributed by atoms with Gasteiger partial charge in [-0.15, -0.1) is 0 Å². The molecule has 0 aliphatic heterocycles. The zero-order chi connectivity index (χ0) is 15.3. The topological polar surface area (TPSA) is 64.6 Å². The molecule has 0 amide bonds. The van der Waals surface area contributed by atoms with Gasteiger partial charge in [0.15, 0.2) is 0 Å². The lowest BCUT2D eigenvalue weighted by Crippen LogP contribution is -2.36. The largest absolute Gasteiger partial charge is 0.382 e. The SMILES string of the molecule is COCC(CNS(=O)(=O)c1c(C)cc(F)cc1C)OC. The Kier molecular flexibility index (Phi) is 6.07. The second-order valence-electron chi connectivity index (χ2n) is 4.53. The molecule has 1 rings (SSSR count). The van der Waals surface area contributed by atoms with Gasteiger partial charge in [0.1, 0.15) is 5.82 Å². The van der Waals surface area contributed by atoms with Crippen LogP contribution in [0.4, 0.5) is 4.39 Å². The molecule has 20 heavy (non-hydrogen) atoms. The van der Waals surface area contributed by atoms with Gasteiger partial charge in [-0.2, -0.15) is 0 Å². The van der Waals surface area contributed by atoms with Gasteiger partial charge in [-0.25, -0.2) is 17.5 Å². The van der Waals surface area contributed by atoms with E-state index in [1.807, 2.05) is 0 Å². The number of nitrogens with one attached hydrogen (secondary N) is 1. The van der Waals surface area contributed by atoms with Crippen LogP contribution in [0.2, 0.25) is 0 Å². The monoisotopic (exact) mass is 305 g/mol. The smallest absolute Gasteiger partial charge is 0.241 e. The summed E-state index contributed by atoms with van der Waals surface area (Å²) < 4.78 is 50.2. The van der Waals surface area contributed by atoms with Crippen molar-refractivity contribution < 1.29 is 22.3 Å². The molecular formula is C13H20FNO4S. The first-order chi connectivity index (χ1) is 9.31. The molecule has 0 saturated heterocycles. The van der Waals surface area contributed by atoms with Gasteiger partial charge in [0, 0.05) is 20.8 Å². The number of ether oxygens (including phenoxy) is 2. The molecule has 1 N–H and O–H groups in total. The molecule has 0 saturated carbocycles. The molecule has 0 aliphatic carbocycles. The lowest BCUT2D eigenvalue weighted by molar-refractivity contribution is 0.0320. The summed E-state index contributed by atoms with van der Waals surface area (Å²) in [6.07, 6.45) is -0.379. The van der Waals surface area contributed by atoms with Gasteiger partial charge >= 0.3 is 0 Å². The van der Waals surface area contributed by atoms with E-state index in [9.17, 15) is 12.8 Å². The molecule has 1 unspecified atom stereocenters. The molecule has 7 heteroatoms. The number of hydrogen-bond donors (Lipinski definition) is 1. The maximum Gasteiger partial charge on any atom is 0.241 e. The maximum atomic E-state index is 13.2. The molecule has 114 valence electrons. The van der Waals surface area contributed by atoms with Crippen LogP contribution in [0.25, 0.3) is 0 Å². The first kappa shape index (κ1) is 17.0. The van der Waals surface area contributed by atoms with Crippen LogP contribution in [0.1, 0.15) is 11.1 Å². The van der Waals surface area contributed by atoms with E-state index in [2.05, 4.69) is 4.72 Å². The molecule has 1 atom stereocenters. The number of aryl methyl sites for hydroxylation is 2. The van der Waals surface area contributed by atoms with Crippen LogP contribution in [-0.4, -0.2) is 41.9 Å². The van der Waals surface area contributed by atoms with E-state index in [4.69, 9.17) is 9.47 Å². The Morgan fingerprint density at radius 2 is 1.80 bits per heavy atom. The van der Waals surface area contributed by atoms with Crippen molar-refractivity contribution in [2.24, 2.45) is 0 Å². The van der Waals surface area contributed by atoms with Crippen molar-refractivity contribution in [1.82, 2.24) is 4.72 Å². The number of hydrogen-bond acceptors (Lipinski definition) is 4. The molecule has 0 fully saturated rings. The van der Waals surface area contributed by atoms with E-state index in [-0.39, 0.29) is 24.2 Å². The molecule has 0 spiro atoms. The summed E-state index contributed by atoms with van der Waals surface area (Å²) in [6.45, 7) is 3.49. The van der Waals surface area contributed by atoms with Crippen LogP contribution in [-0.2, 0) is 19.5 Å². The van der Waals surface area contributed by atoms with Crippen LogP contribution in [0.3, 0.4) is 0 Å². The minimum absolute atomic E-state index is 0.0862. The summed E-state index contributed by atoms with van der Waals surface area (Å²) in [4.78, 5) is 0.103. The van der Waals surface area contributed by atoms with E-state index in [0.29, 0.717) is 11.1 Å². The van der Waals surface area contributed by atoms with Crippen molar-refractivity contribution in [3.63, 3.8) is 0 Å². The summed E-state index contributed by atoms with van der Waals surface area (Å²) in [6, 6.07) is 2.40. The summed E-state index contributed by atoms with van der Waals surface area (Å²) in [5, 5.41) is 0. The summed E-state index contributed by atoms with van der Waals surface area (Å²) in [7, 11) is -0.727. The Labute approximate surface area is 119 Å². The van der Waals surface area contributed by atoms with Gasteiger partial charge in [0.25, 0.3) is 0 Å². The standard InChI is InChI=1S/C13H20FNO4S/c1-9-5-11(14)6-10(2)13(9)20(16,17)15-7-12(19-4)8-18-3/h5-6,12,15H,7-8H2,1-4H3. The molecule has 0 aliphatic rings. The Bertz CT molecular complexity index is 536. The van der Waals surface area contributed by atoms with Crippen LogP contribution >= 0.6 is 0 Å². The van der Waals surface area contributed by atoms with Gasteiger partial charge in [0.2, 0.25) is 10.0 Å². The zero-order valence-electron chi connectivity index (χ0n) is 12.1. The fraction of sp³-hybridized carbons (Fsp3) is 0.538. The molecule has 5 nitrogen and oxygen atoms in total. The Morgan fingerprint density at radius 3 is 2.25 bits per heavy atom. The average molecular weight is 305 g/mol. The van der Waals surface area contributed by atoms with Crippen molar-refractivity contribution >= 4 is 10.0 Å². The van der Waals surface area contributed by atoms with Gasteiger partial charge in [-0.1, -0.05) is 0 Å². The highest BCUT2D eigenvalue weighted by Gasteiger charge is 2.21. The second-order valence-corrected chi connectivity index (χ2v) is 6.24. The average Bonchev–Trinajstić information content (AvgIpc) is 2.32. The Balaban J connectivity index is 2.95. The molecule has 0 bridgehead atoms. The van der Waals surface area contributed by atoms with E-state index in [1.165, 1.54) is 26.4 Å². The van der Waals surface area contributed by atoms with Crippen molar-refractivity contribution in [3.05, 3.63) is 29.1 Å². The van der Waals surface area contributed by atoms with E-state index in [1.54, 1.807) is 13.8 Å². The fourth-order valence-electron chi connectivity index (χ4n) is 1.99. The molecule has 0 radical (unpaired) electrons. The minimum atomic E-state index is -3.71. The molecule has 1 aromatic carbocycles. The predicted molar refractivity (Wildman–Crippen MR) is 73.7 cm³/mol. The summed E-state index contributed by atoms with van der Waals surface area (Å²) >= 11 is 0. The lowest BCUT2D eigenvalue weighted by Gasteiger charge is -2.17. The molecular weight excluding hydrogens is 285 g/mol. The third-order valence-corrected chi connectivity index (χ3v) is 4.61. The summed E-state index contributed by atoms with van der Waals surface area (Å²) in [5.41, 5.74) is 0.742. The van der Waals surface area contributed by atoms with Crippen LogP contribution < -0.4 is 4.72 Å². The zero-order valence-corrected chi connectivity index (χ0v) is 12.9. The highest BCUT2D eigenvalue weighted by molar-refractivity contribution is 7.89. The maximum absolute atomic E-state index is 13.2. The van der Waals surface area contributed by atoms with Crippen molar-refractivity contribution in [2.45, 2.75) is 24.8 Å². The van der Waals surface area contributed by atoms with E-state index in [0.717, 1.165) is 0 Å². The van der Waals surface area contributed by atoms with Gasteiger partial charge < -0.3 is 9.47 Å².